The van der Waals surface area contributed by atoms with Gasteiger partial charge >= 0.3 is 0 Å². The molecular weight excluding hydrogens is 354 g/mol. The lowest BCUT2D eigenvalue weighted by atomic mass is 10.1. The van der Waals surface area contributed by atoms with Gasteiger partial charge in [-0.25, -0.2) is 17.7 Å². The van der Waals surface area contributed by atoms with Crippen molar-refractivity contribution in [2.45, 2.75) is 11.3 Å². The summed E-state index contributed by atoms with van der Waals surface area (Å²) in [6.07, 6.45) is 5.40. The van der Waals surface area contributed by atoms with Gasteiger partial charge in [0.1, 0.15) is 4.90 Å². The van der Waals surface area contributed by atoms with Gasteiger partial charge in [0.25, 0.3) is 0 Å². The van der Waals surface area contributed by atoms with Gasteiger partial charge in [0, 0.05) is 36.3 Å². The third-order valence-electron chi connectivity index (χ3n) is 3.78. The molecule has 0 bridgehead atoms. The predicted octanol–water partition coefficient (Wildman–Crippen LogP) is 0.604. The number of hydrogen-bond donors (Lipinski definition) is 2. The van der Waals surface area contributed by atoms with Crippen LogP contribution in [0.3, 0.4) is 0 Å². The molecule has 0 aliphatic carbocycles. The standard InChI is InChI=1S/C16H21N7O2S/c1-22(2)7-3-6-19-26(24,25)14-8-13(9-18-10-14)12-4-5-15-20-16(17)21-23(15)11-12/h4-5,8-11,19H,3,6-7H2,1-2H3,(H2,17,21). The molecule has 0 unspecified atom stereocenters. The topological polar surface area (TPSA) is 119 Å². The van der Waals surface area contributed by atoms with Crippen molar-refractivity contribution in [3.63, 3.8) is 0 Å². The third kappa shape index (κ3) is 4.15. The van der Waals surface area contributed by atoms with Gasteiger partial charge in [0.15, 0.2) is 5.65 Å². The summed E-state index contributed by atoms with van der Waals surface area (Å²) in [4.78, 5) is 10.3. The van der Waals surface area contributed by atoms with Crippen LogP contribution in [0.25, 0.3) is 16.8 Å². The number of nitrogen functional groups attached to an aromatic ring is 1. The number of fused-ring (bicyclic) bond motifs is 1. The Bertz CT molecular complexity index is 1010. The Morgan fingerprint density at radius 1 is 1.23 bits per heavy atom. The Balaban J connectivity index is 1.82. The van der Waals surface area contributed by atoms with Crippen molar-refractivity contribution in [2.75, 3.05) is 32.9 Å². The van der Waals surface area contributed by atoms with Gasteiger partial charge in [0.2, 0.25) is 16.0 Å². The van der Waals surface area contributed by atoms with Crippen LogP contribution in [0.4, 0.5) is 5.95 Å². The van der Waals surface area contributed by atoms with E-state index in [9.17, 15) is 8.42 Å². The molecule has 3 rings (SSSR count). The SMILES string of the molecule is CN(C)CCCNS(=O)(=O)c1cncc(-c2ccc3nc(N)nn3c2)c1. The van der Waals surface area contributed by atoms with Crippen molar-refractivity contribution in [1.82, 2.24) is 29.2 Å². The molecule has 0 spiro atoms. The second kappa shape index (κ2) is 7.36. The number of nitrogens with two attached hydrogens (primary N) is 1. The molecule has 0 saturated heterocycles. The highest BCUT2D eigenvalue weighted by atomic mass is 32.2. The van der Waals surface area contributed by atoms with Crippen LogP contribution in [0, 0.1) is 0 Å². The lowest BCUT2D eigenvalue weighted by molar-refractivity contribution is 0.400. The average Bonchev–Trinajstić information content (AvgIpc) is 2.98. The Hall–Kier alpha value is -2.56. The van der Waals surface area contributed by atoms with E-state index < -0.39 is 10.0 Å². The largest absolute Gasteiger partial charge is 0.366 e. The second-order valence-corrected chi connectivity index (χ2v) is 7.92. The Labute approximate surface area is 151 Å². The summed E-state index contributed by atoms with van der Waals surface area (Å²) in [5.74, 6) is 0.179. The van der Waals surface area contributed by atoms with Crippen LogP contribution >= 0.6 is 0 Å². The Morgan fingerprint density at radius 2 is 2.04 bits per heavy atom. The number of hydrogen-bond acceptors (Lipinski definition) is 7. The molecule has 3 aromatic heterocycles. The normalized spacial score (nSPS) is 12.1. The molecule has 0 aromatic carbocycles. The van der Waals surface area contributed by atoms with E-state index in [1.807, 2.05) is 25.1 Å². The highest BCUT2D eigenvalue weighted by molar-refractivity contribution is 7.89. The molecule has 3 N–H and O–H groups in total. The van der Waals surface area contributed by atoms with Crippen molar-refractivity contribution in [1.29, 1.82) is 0 Å². The summed E-state index contributed by atoms with van der Waals surface area (Å²) < 4.78 is 29.1. The lowest BCUT2D eigenvalue weighted by Gasteiger charge is -2.11. The zero-order chi connectivity index (χ0) is 18.7. The summed E-state index contributed by atoms with van der Waals surface area (Å²) in [5.41, 5.74) is 7.63. The zero-order valence-corrected chi connectivity index (χ0v) is 15.4. The minimum Gasteiger partial charge on any atom is -0.366 e. The van der Waals surface area contributed by atoms with E-state index in [2.05, 4.69) is 19.8 Å². The van der Waals surface area contributed by atoms with Gasteiger partial charge < -0.3 is 10.6 Å². The fourth-order valence-electron chi connectivity index (χ4n) is 2.48. The fourth-order valence-corrected chi connectivity index (χ4v) is 3.54. The molecule has 0 atom stereocenters. The van der Waals surface area contributed by atoms with Gasteiger partial charge in [-0.05, 0) is 45.3 Å². The Morgan fingerprint density at radius 3 is 2.81 bits per heavy atom. The van der Waals surface area contributed by atoms with Gasteiger partial charge in [0.05, 0.1) is 0 Å². The van der Waals surface area contributed by atoms with Crippen molar-refractivity contribution < 1.29 is 8.42 Å². The summed E-state index contributed by atoms with van der Waals surface area (Å²) in [6.45, 7) is 1.18. The van der Waals surface area contributed by atoms with Crippen molar-refractivity contribution >= 4 is 21.6 Å². The lowest BCUT2D eigenvalue weighted by Crippen LogP contribution is -2.27. The van der Waals surface area contributed by atoms with Gasteiger partial charge in [-0.2, -0.15) is 4.98 Å². The molecule has 0 amide bonds. The second-order valence-electron chi connectivity index (χ2n) is 6.15. The highest BCUT2D eigenvalue weighted by Crippen LogP contribution is 2.22. The van der Waals surface area contributed by atoms with Crippen LogP contribution in [-0.4, -0.2) is 60.1 Å². The van der Waals surface area contributed by atoms with Crippen LogP contribution in [0.5, 0.6) is 0 Å². The molecule has 10 heteroatoms. The van der Waals surface area contributed by atoms with Gasteiger partial charge in [-0.15, -0.1) is 5.10 Å². The maximum absolute atomic E-state index is 12.5. The van der Waals surface area contributed by atoms with E-state index in [1.165, 1.54) is 6.20 Å². The summed E-state index contributed by atoms with van der Waals surface area (Å²) >= 11 is 0. The van der Waals surface area contributed by atoms with Crippen molar-refractivity contribution in [3.8, 4) is 11.1 Å². The molecule has 0 saturated carbocycles. The molecule has 0 fully saturated rings. The van der Waals surface area contributed by atoms with E-state index in [-0.39, 0.29) is 10.8 Å². The van der Waals surface area contributed by atoms with Gasteiger partial charge in [-0.3, -0.25) is 4.98 Å². The predicted molar refractivity (Wildman–Crippen MR) is 99.0 cm³/mol. The van der Waals surface area contributed by atoms with Crippen LogP contribution in [0.2, 0.25) is 0 Å². The highest BCUT2D eigenvalue weighted by Gasteiger charge is 2.15. The van der Waals surface area contributed by atoms with Crippen LogP contribution in [0.15, 0.2) is 41.7 Å². The number of rotatable bonds is 7. The number of pyridine rings is 2. The van der Waals surface area contributed by atoms with Gasteiger partial charge in [-0.1, -0.05) is 0 Å². The average molecular weight is 375 g/mol. The molecule has 3 aromatic rings. The first kappa shape index (κ1) is 18.2. The van der Waals surface area contributed by atoms with E-state index >= 15 is 0 Å². The molecule has 138 valence electrons. The molecule has 0 aliphatic rings. The molecule has 0 radical (unpaired) electrons. The minimum atomic E-state index is -3.61. The molecule has 0 aliphatic heterocycles. The first-order chi connectivity index (χ1) is 12.3. The third-order valence-corrected chi connectivity index (χ3v) is 5.21. The maximum atomic E-state index is 12.5. The molecule has 3 heterocycles. The minimum absolute atomic E-state index is 0.123. The summed E-state index contributed by atoms with van der Waals surface area (Å²) in [7, 11) is 0.279. The molecule has 26 heavy (non-hydrogen) atoms. The molecule has 9 nitrogen and oxygen atoms in total. The number of nitrogens with one attached hydrogen (secondary N) is 1. The summed E-state index contributed by atoms with van der Waals surface area (Å²) in [5, 5.41) is 4.06. The van der Waals surface area contributed by atoms with Crippen molar-refractivity contribution in [3.05, 3.63) is 36.8 Å². The summed E-state index contributed by atoms with van der Waals surface area (Å²) in [6, 6.07) is 5.17. The van der Waals surface area contributed by atoms with Crippen LogP contribution in [0.1, 0.15) is 6.42 Å². The quantitative estimate of drug-likeness (QED) is 0.581. The Kier molecular flexibility index (Phi) is 5.16. The smallest absolute Gasteiger partial charge is 0.242 e. The van der Waals surface area contributed by atoms with E-state index in [0.29, 0.717) is 17.8 Å². The molecular formula is C16H21N7O2S. The number of nitrogens with zero attached hydrogens (tertiary/aromatic N) is 5. The fraction of sp³-hybridized carbons (Fsp3) is 0.312. The van der Waals surface area contributed by atoms with Crippen LogP contribution in [-0.2, 0) is 10.0 Å². The number of anilines is 1. The van der Waals surface area contributed by atoms with E-state index in [4.69, 9.17) is 5.73 Å². The monoisotopic (exact) mass is 375 g/mol. The zero-order valence-electron chi connectivity index (χ0n) is 14.6. The first-order valence-corrected chi connectivity index (χ1v) is 9.55. The van der Waals surface area contributed by atoms with E-state index in [1.54, 1.807) is 29.0 Å². The van der Waals surface area contributed by atoms with Crippen LogP contribution < -0.4 is 10.5 Å². The number of sulfonamides is 1. The first-order valence-electron chi connectivity index (χ1n) is 8.07. The maximum Gasteiger partial charge on any atom is 0.242 e. The van der Waals surface area contributed by atoms with Crippen molar-refractivity contribution in [2.24, 2.45) is 0 Å². The van der Waals surface area contributed by atoms with E-state index in [0.717, 1.165) is 18.5 Å². The number of aromatic nitrogens is 4.